The summed E-state index contributed by atoms with van der Waals surface area (Å²) in [6.45, 7) is 3.97. The van der Waals surface area contributed by atoms with Crippen LogP contribution >= 0.6 is 0 Å². The van der Waals surface area contributed by atoms with E-state index < -0.39 is 0 Å². The van der Waals surface area contributed by atoms with Crippen LogP contribution in [0.25, 0.3) is 5.52 Å². The van der Waals surface area contributed by atoms with E-state index in [1.165, 1.54) is 4.57 Å². The standard InChI is InChI=1S/C20H22N4O2/c1-13-9-14(2)11-15(10-13)21-18(25)12-23-7-8-24-19(20(23)26)16-5-3-4-6-17(16)22-24/h7-11H,3-6,12H2,1-2H3,(H,21,25). The molecule has 134 valence electrons. The van der Waals surface area contributed by atoms with Gasteiger partial charge in [-0.15, -0.1) is 0 Å². The SMILES string of the molecule is Cc1cc(C)cc(NC(=O)Cn2ccn3nc4c(c3c2=O)CCCC4)c1. The van der Waals surface area contributed by atoms with Crippen molar-refractivity contribution in [3.63, 3.8) is 0 Å². The minimum Gasteiger partial charge on any atom is -0.325 e. The lowest BCUT2D eigenvalue weighted by atomic mass is 9.97. The number of nitrogens with one attached hydrogen (secondary N) is 1. The molecule has 0 fully saturated rings. The van der Waals surface area contributed by atoms with Crippen LogP contribution in [-0.2, 0) is 24.2 Å². The number of nitrogens with zero attached hydrogens (tertiary/aromatic N) is 3. The molecule has 0 saturated carbocycles. The number of fused-ring (bicyclic) bond motifs is 3. The molecule has 0 atom stereocenters. The van der Waals surface area contributed by atoms with Crippen molar-refractivity contribution in [1.29, 1.82) is 0 Å². The molecule has 4 rings (SSSR count). The van der Waals surface area contributed by atoms with E-state index in [-0.39, 0.29) is 18.0 Å². The number of benzene rings is 1. The third-order valence-corrected chi connectivity index (χ3v) is 4.85. The molecule has 0 radical (unpaired) electrons. The van der Waals surface area contributed by atoms with Crippen molar-refractivity contribution in [2.45, 2.75) is 46.1 Å². The summed E-state index contributed by atoms with van der Waals surface area (Å²) < 4.78 is 3.13. The van der Waals surface area contributed by atoms with Crippen LogP contribution in [0.3, 0.4) is 0 Å². The monoisotopic (exact) mass is 350 g/mol. The summed E-state index contributed by atoms with van der Waals surface area (Å²) in [4.78, 5) is 25.3. The van der Waals surface area contributed by atoms with E-state index >= 15 is 0 Å². The quantitative estimate of drug-likeness (QED) is 0.789. The zero-order chi connectivity index (χ0) is 18.3. The molecule has 1 aliphatic rings. The average Bonchev–Trinajstić information content (AvgIpc) is 2.95. The van der Waals surface area contributed by atoms with Gasteiger partial charge in [0.15, 0.2) is 0 Å². The second-order valence-electron chi connectivity index (χ2n) is 7.08. The third kappa shape index (κ3) is 3.03. The first-order valence-electron chi connectivity index (χ1n) is 8.99. The topological polar surface area (TPSA) is 68.4 Å². The van der Waals surface area contributed by atoms with Gasteiger partial charge < -0.3 is 9.88 Å². The number of amides is 1. The normalized spacial score (nSPS) is 13.6. The van der Waals surface area contributed by atoms with Crippen LogP contribution in [0, 0.1) is 13.8 Å². The van der Waals surface area contributed by atoms with Crippen LogP contribution in [0.15, 0.2) is 35.4 Å². The number of carbonyl (C=O) groups excluding carboxylic acids is 1. The Morgan fingerprint density at radius 1 is 1.12 bits per heavy atom. The Morgan fingerprint density at radius 2 is 1.85 bits per heavy atom. The van der Waals surface area contributed by atoms with E-state index in [9.17, 15) is 9.59 Å². The van der Waals surface area contributed by atoms with Crippen molar-refractivity contribution < 1.29 is 4.79 Å². The molecule has 1 N–H and O–H groups in total. The highest BCUT2D eigenvalue weighted by atomic mass is 16.2. The van der Waals surface area contributed by atoms with E-state index in [1.807, 2.05) is 26.0 Å². The highest BCUT2D eigenvalue weighted by Gasteiger charge is 2.20. The summed E-state index contributed by atoms with van der Waals surface area (Å²) in [5.74, 6) is -0.213. The lowest BCUT2D eigenvalue weighted by molar-refractivity contribution is -0.116. The van der Waals surface area contributed by atoms with E-state index in [0.29, 0.717) is 5.52 Å². The number of aromatic nitrogens is 3. The fourth-order valence-corrected chi connectivity index (χ4v) is 3.78. The molecule has 2 aromatic heterocycles. The first-order valence-corrected chi connectivity index (χ1v) is 8.99. The van der Waals surface area contributed by atoms with Gasteiger partial charge in [-0.1, -0.05) is 6.07 Å². The molecule has 0 saturated heterocycles. The minimum absolute atomic E-state index is 0.0116. The number of aryl methyl sites for hydroxylation is 4. The van der Waals surface area contributed by atoms with Gasteiger partial charge in [-0.2, -0.15) is 5.10 Å². The number of anilines is 1. The number of hydrogen-bond acceptors (Lipinski definition) is 3. The Balaban J connectivity index is 1.61. The molecule has 6 heteroatoms. The van der Waals surface area contributed by atoms with E-state index in [2.05, 4.69) is 16.5 Å². The summed E-state index contributed by atoms with van der Waals surface area (Å²) >= 11 is 0. The molecule has 1 amide bonds. The van der Waals surface area contributed by atoms with Crippen molar-refractivity contribution in [2.75, 3.05) is 5.32 Å². The van der Waals surface area contributed by atoms with E-state index in [1.54, 1.807) is 16.9 Å². The summed E-state index contributed by atoms with van der Waals surface area (Å²) in [6, 6.07) is 5.89. The number of rotatable bonds is 3. The first-order chi connectivity index (χ1) is 12.5. The average molecular weight is 350 g/mol. The van der Waals surface area contributed by atoms with Crippen molar-refractivity contribution in [3.8, 4) is 0 Å². The number of carbonyl (C=O) groups is 1. The molecule has 0 bridgehead atoms. The van der Waals surface area contributed by atoms with Crippen LogP contribution in [0.5, 0.6) is 0 Å². The molecular formula is C20H22N4O2. The van der Waals surface area contributed by atoms with Crippen molar-refractivity contribution >= 4 is 17.1 Å². The van der Waals surface area contributed by atoms with Crippen molar-refractivity contribution in [3.05, 3.63) is 63.3 Å². The molecule has 0 unspecified atom stereocenters. The van der Waals surface area contributed by atoms with E-state index in [0.717, 1.165) is 53.8 Å². The van der Waals surface area contributed by atoms with Gasteiger partial charge in [-0.05, 0) is 62.8 Å². The Labute approximate surface area is 151 Å². The number of hydrogen-bond donors (Lipinski definition) is 1. The molecule has 3 aromatic rings. The summed E-state index contributed by atoms with van der Waals surface area (Å²) in [5, 5.41) is 7.41. The van der Waals surface area contributed by atoms with Gasteiger partial charge in [-0.3, -0.25) is 9.59 Å². The van der Waals surface area contributed by atoms with Crippen molar-refractivity contribution in [2.24, 2.45) is 0 Å². The van der Waals surface area contributed by atoms with Crippen LogP contribution in [0.2, 0.25) is 0 Å². The van der Waals surface area contributed by atoms with Crippen LogP contribution in [0.4, 0.5) is 5.69 Å². The van der Waals surface area contributed by atoms with Crippen LogP contribution in [-0.4, -0.2) is 20.1 Å². The van der Waals surface area contributed by atoms with Crippen molar-refractivity contribution in [1.82, 2.24) is 14.2 Å². The molecule has 1 aliphatic carbocycles. The molecule has 0 aliphatic heterocycles. The second-order valence-corrected chi connectivity index (χ2v) is 7.08. The lowest BCUT2D eigenvalue weighted by Crippen LogP contribution is -2.28. The smallest absolute Gasteiger partial charge is 0.277 e. The maximum Gasteiger partial charge on any atom is 0.277 e. The largest absolute Gasteiger partial charge is 0.325 e. The van der Waals surface area contributed by atoms with Gasteiger partial charge in [0.1, 0.15) is 12.1 Å². The van der Waals surface area contributed by atoms with Crippen LogP contribution < -0.4 is 10.9 Å². The minimum atomic E-state index is -0.213. The zero-order valence-electron chi connectivity index (χ0n) is 15.1. The third-order valence-electron chi connectivity index (χ3n) is 4.85. The molecule has 26 heavy (non-hydrogen) atoms. The molecule has 1 aromatic carbocycles. The van der Waals surface area contributed by atoms with Gasteiger partial charge in [-0.25, -0.2) is 4.52 Å². The maximum atomic E-state index is 12.9. The summed E-state index contributed by atoms with van der Waals surface area (Å²) in [6.07, 6.45) is 7.39. The van der Waals surface area contributed by atoms with Gasteiger partial charge in [0.2, 0.25) is 5.91 Å². The molecule has 6 nitrogen and oxygen atoms in total. The van der Waals surface area contributed by atoms with E-state index in [4.69, 9.17) is 0 Å². The highest BCUT2D eigenvalue weighted by Crippen LogP contribution is 2.22. The fraction of sp³-hybridized carbons (Fsp3) is 0.350. The highest BCUT2D eigenvalue weighted by molar-refractivity contribution is 5.90. The predicted molar refractivity (Wildman–Crippen MR) is 101 cm³/mol. The Hall–Kier alpha value is -2.89. The fourth-order valence-electron chi connectivity index (χ4n) is 3.78. The molecule has 0 spiro atoms. The predicted octanol–water partition coefficient (Wildman–Crippen LogP) is 2.63. The molecular weight excluding hydrogens is 328 g/mol. The Kier molecular flexibility index (Phi) is 4.11. The second kappa shape index (κ2) is 6.44. The van der Waals surface area contributed by atoms with Gasteiger partial charge in [0.25, 0.3) is 5.56 Å². The summed E-state index contributed by atoms with van der Waals surface area (Å²) in [7, 11) is 0. The molecule has 2 heterocycles. The first kappa shape index (κ1) is 16.6. The maximum absolute atomic E-state index is 12.9. The van der Waals surface area contributed by atoms with Gasteiger partial charge in [0.05, 0.1) is 5.69 Å². The van der Waals surface area contributed by atoms with Crippen LogP contribution in [0.1, 0.15) is 35.2 Å². The van der Waals surface area contributed by atoms with Gasteiger partial charge in [0, 0.05) is 23.6 Å². The Morgan fingerprint density at radius 3 is 2.62 bits per heavy atom. The van der Waals surface area contributed by atoms with Gasteiger partial charge >= 0.3 is 0 Å². The Bertz CT molecular complexity index is 1040. The summed E-state index contributed by atoms with van der Waals surface area (Å²) in [5.41, 5.74) is 5.45. The lowest BCUT2D eigenvalue weighted by Gasteiger charge is -2.10. The zero-order valence-corrected chi connectivity index (χ0v) is 15.1.